The van der Waals surface area contributed by atoms with Gasteiger partial charge in [0.05, 0.1) is 6.07 Å². The van der Waals surface area contributed by atoms with Crippen LogP contribution in [0.1, 0.15) is 33.1 Å². The number of likely N-dealkylation sites (tertiary alicyclic amines) is 1. The molecule has 1 rings (SSSR count). The molecule has 0 spiro atoms. The Bertz CT molecular complexity index is 375. The highest BCUT2D eigenvalue weighted by molar-refractivity contribution is 7.90. The van der Waals surface area contributed by atoms with Crippen molar-refractivity contribution in [3.63, 3.8) is 0 Å². The van der Waals surface area contributed by atoms with Gasteiger partial charge in [-0.2, -0.15) is 5.26 Å². The zero-order valence-corrected chi connectivity index (χ0v) is 11.3. The number of likely N-dealkylation sites (N-methyl/N-ethyl adjacent to an activating group) is 1. The van der Waals surface area contributed by atoms with E-state index < -0.39 is 15.3 Å². The summed E-state index contributed by atoms with van der Waals surface area (Å²) in [5.41, 5.74) is 0. The van der Waals surface area contributed by atoms with Crippen molar-refractivity contribution in [1.82, 2.24) is 9.62 Å². The van der Waals surface area contributed by atoms with Gasteiger partial charge in [-0.25, -0.2) is 13.1 Å². The SMILES string of the molecule is CCC(C#N)S(=O)(=O)NCC1CCCN1CC. The molecule has 1 aliphatic heterocycles. The molecule has 98 valence electrons. The standard InChI is InChI=1S/C11H21N3O2S/c1-3-11(8-12)17(15,16)13-9-10-6-5-7-14(10)4-2/h10-11,13H,3-7,9H2,1-2H3. The second kappa shape index (κ2) is 6.34. The van der Waals surface area contributed by atoms with Crippen molar-refractivity contribution in [2.24, 2.45) is 0 Å². The van der Waals surface area contributed by atoms with Crippen molar-refractivity contribution >= 4 is 10.0 Å². The maximum absolute atomic E-state index is 11.8. The molecule has 0 aromatic rings. The normalized spacial score (nSPS) is 23.5. The average molecular weight is 259 g/mol. The van der Waals surface area contributed by atoms with Crippen LogP contribution in [0.4, 0.5) is 0 Å². The second-order valence-electron chi connectivity index (χ2n) is 4.34. The lowest BCUT2D eigenvalue weighted by molar-refractivity contribution is 0.268. The van der Waals surface area contributed by atoms with Crippen molar-refractivity contribution in [1.29, 1.82) is 5.26 Å². The lowest BCUT2D eigenvalue weighted by Crippen LogP contribution is -2.42. The molecule has 5 nitrogen and oxygen atoms in total. The van der Waals surface area contributed by atoms with Crippen molar-refractivity contribution in [2.75, 3.05) is 19.6 Å². The molecule has 17 heavy (non-hydrogen) atoms. The van der Waals surface area contributed by atoms with Crippen LogP contribution >= 0.6 is 0 Å². The van der Waals surface area contributed by atoms with Crippen LogP contribution in [0.15, 0.2) is 0 Å². The largest absolute Gasteiger partial charge is 0.299 e. The van der Waals surface area contributed by atoms with E-state index in [1.165, 1.54) is 0 Å². The van der Waals surface area contributed by atoms with E-state index in [0.29, 0.717) is 13.0 Å². The van der Waals surface area contributed by atoms with E-state index >= 15 is 0 Å². The molecule has 1 N–H and O–H groups in total. The van der Waals surface area contributed by atoms with Gasteiger partial charge in [-0.1, -0.05) is 13.8 Å². The lowest BCUT2D eigenvalue weighted by Gasteiger charge is -2.23. The molecule has 0 aromatic carbocycles. The molecule has 0 amide bonds. The fourth-order valence-corrected chi connectivity index (χ4v) is 3.44. The van der Waals surface area contributed by atoms with Crippen LogP contribution in [0.3, 0.4) is 0 Å². The van der Waals surface area contributed by atoms with E-state index in [0.717, 1.165) is 25.9 Å². The van der Waals surface area contributed by atoms with Gasteiger partial charge in [0.1, 0.15) is 0 Å². The summed E-state index contributed by atoms with van der Waals surface area (Å²) in [6.45, 7) is 6.20. The summed E-state index contributed by atoms with van der Waals surface area (Å²) in [6, 6.07) is 2.11. The maximum atomic E-state index is 11.8. The minimum atomic E-state index is -3.48. The second-order valence-corrected chi connectivity index (χ2v) is 6.29. The lowest BCUT2D eigenvalue weighted by atomic mass is 10.2. The molecule has 1 aliphatic rings. The molecule has 1 saturated heterocycles. The molecule has 0 radical (unpaired) electrons. The van der Waals surface area contributed by atoms with Crippen molar-refractivity contribution < 1.29 is 8.42 Å². The minimum Gasteiger partial charge on any atom is -0.299 e. The van der Waals surface area contributed by atoms with Gasteiger partial charge in [0.25, 0.3) is 0 Å². The molecular weight excluding hydrogens is 238 g/mol. The van der Waals surface area contributed by atoms with Crippen LogP contribution in [0, 0.1) is 11.3 Å². The van der Waals surface area contributed by atoms with E-state index in [-0.39, 0.29) is 6.04 Å². The predicted octanol–water partition coefficient (Wildman–Crippen LogP) is 0.692. The molecule has 0 bridgehead atoms. The van der Waals surface area contributed by atoms with Gasteiger partial charge in [-0.3, -0.25) is 4.90 Å². The molecule has 1 heterocycles. The topological polar surface area (TPSA) is 73.2 Å². The van der Waals surface area contributed by atoms with Gasteiger partial charge in [-0.05, 0) is 32.4 Å². The number of hydrogen-bond acceptors (Lipinski definition) is 4. The Labute approximate surface area is 104 Å². The number of hydrogen-bond donors (Lipinski definition) is 1. The summed E-state index contributed by atoms with van der Waals surface area (Å²) in [7, 11) is -3.48. The van der Waals surface area contributed by atoms with Crippen molar-refractivity contribution in [3.05, 3.63) is 0 Å². The van der Waals surface area contributed by atoms with Crippen LogP contribution in [-0.2, 0) is 10.0 Å². The van der Waals surface area contributed by atoms with Gasteiger partial charge in [0.15, 0.2) is 5.25 Å². The molecule has 0 aliphatic carbocycles. The first-order valence-electron chi connectivity index (χ1n) is 6.17. The number of nitriles is 1. The molecule has 2 unspecified atom stereocenters. The third-order valence-electron chi connectivity index (χ3n) is 3.31. The molecule has 0 saturated carbocycles. The number of rotatable bonds is 6. The smallest absolute Gasteiger partial charge is 0.228 e. The van der Waals surface area contributed by atoms with E-state index in [9.17, 15) is 8.42 Å². The Morgan fingerprint density at radius 2 is 2.24 bits per heavy atom. The number of sulfonamides is 1. The summed E-state index contributed by atoms with van der Waals surface area (Å²) >= 11 is 0. The summed E-state index contributed by atoms with van der Waals surface area (Å²) < 4.78 is 26.2. The third-order valence-corrected chi connectivity index (χ3v) is 5.07. The van der Waals surface area contributed by atoms with Gasteiger partial charge in [0, 0.05) is 12.6 Å². The first-order chi connectivity index (χ1) is 8.05. The first-order valence-corrected chi connectivity index (χ1v) is 7.71. The maximum Gasteiger partial charge on any atom is 0.228 e. The first kappa shape index (κ1) is 14.4. The molecule has 0 aromatic heterocycles. The minimum absolute atomic E-state index is 0.283. The van der Waals surface area contributed by atoms with Gasteiger partial charge >= 0.3 is 0 Å². The van der Waals surface area contributed by atoms with Crippen molar-refractivity contribution in [2.45, 2.75) is 44.4 Å². The van der Waals surface area contributed by atoms with Crippen LogP contribution in [0.25, 0.3) is 0 Å². The predicted molar refractivity (Wildman–Crippen MR) is 66.9 cm³/mol. The Balaban J connectivity index is 2.53. The van der Waals surface area contributed by atoms with Crippen LogP contribution in [0.5, 0.6) is 0 Å². The van der Waals surface area contributed by atoms with Crippen LogP contribution < -0.4 is 4.72 Å². The fraction of sp³-hybridized carbons (Fsp3) is 0.909. The third kappa shape index (κ3) is 3.66. The highest BCUT2D eigenvalue weighted by atomic mass is 32.2. The van der Waals surface area contributed by atoms with Gasteiger partial charge in [0.2, 0.25) is 10.0 Å². The number of nitrogens with zero attached hydrogens (tertiary/aromatic N) is 2. The molecule has 1 fully saturated rings. The van der Waals surface area contributed by atoms with E-state index in [4.69, 9.17) is 5.26 Å². The van der Waals surface area contributed by atoms with Gasteiger partial charge in [-0.15, -0.1) is 0 Å². The zero-order chi connectivity index (χ0) is 12.9. The highest BCUT2D eigenvalue weighted by Crippen LogP contribution is 2.16. The Kier molecular flexibility index (Phi) is 5.37. The van der Waals surface area contributed by atoms with Gasteiger partial charge < -0.3 is 0 Å². The fourth-order valence-electron chi connectivity index (χ4n) is 2.24. The Hall–Kier alpha value is -0.640. The summed E-state index contributed by atoms with van der Waals surface area (Å²) in [4.78, 5) is 2.27. The molecule has 2 atom stereocenters. The average Bonchev–Trinajstić information content (AvgIpc) is 2.75. The van der Waals surface area contributed by atoms with Crippen LogP contribution in [0.2, 0.25) is 0 Å². The quantitative estimate of drug-likeness (QED) is 0.762. The van der Waals surface area contributed by atoms with Crippen molar-refractivity contribution in [3.8, 4) is 6.07 Å². The molecule has 6 heteroatoms. The Morgan fingerprint density at radius 1 is 1.53 bits per heavy atom. The van der Waals surface area contributed by atoms with Crippen LogP contribution in [-0.4, -0.2) is 44.2 Å². The summed E-state index contributed by atoms with van der Waals surface area (Å²) in [5, 5.41) is 7.84. The van der Waals surface area contributed by atoms with E-state index in [1.807, 2.05) is 6.07 Å². The monoisotopic (exact) mass is 259 g/mol. The highest BCUT2D eigenvalue weighted by Gasteiger charge is 2.27. The summed E-state index contributed by atoms with van der Waals surface area (Å²) in [6.07, 6.45) is 2.48. The van der Waals surface area contributed by atoms with E-state index in [2.05, 4.69) is 16.5 Å². The van der Waals surface area contributed by atoms with E-state index in [1.54, 1.807) is 6.92 Å². The number of nitrogens with one attached hydrogen (secondary N) is 1. The Morgan fingerprint density at radius 3 is 2.76 bits per heavy atom. The zero-order valence-electron chi connectivity index (χ0n) is 10.5. The summed E-state index contributed by atoms with van der Waals surface area (Å²) in [5.74, 6) is 0. The molecular formula is C11H21N3O2S.